The number of amides is 2. The first-order valence-electron chi connectivity index (χ1n) is 10.4. The zero-order valence-corrected chi connectivity index (χ0v) is 21.8. The number of thioether (sulfide) groups is 1. The van der Waals surface area contributed by atoms with E-state index >= 15 is 0 Å². The monoisotopic (exact) mass is 514 g/mol. The Labute approximate surface area is 210 Å². The summed E-state index contributed by atoms with van der Waals surface area (Å²) in [6.45, 7) is 7.77. The lowest BCUT2D eigenvalue weighted by Crippen LogP contribution is -2.53. The van der Waals surface area contributed by atoms with Gasteiger partial charge >= 0.3 is 0 Å². The number of nitrogens with one attached hydrogen (secondary N) is 1. The summed E-state index contributed by atoms with van der Waals surface area (Å²) in [6.07, 6.45) is 0.463. The third-order valence-corrected chi connectivity index (χ3v) is 6.76. The van der Waals surface area contributed by atoms with Gasteiger partial charge in [-0.15, -0.1) is 11.8 Å². The van der Waals surface area contributed by atoms with E-state index in [4.69, 9.17) is 34.8 Å². The molecule has 4 nitrogen and oxygen atoms in total. The van der Waals surface area contributed by atoms with Gasteiger partial charge in [-0.2, -0.15) is 0 Å². The highest BCUT2D eigenvalue weighted by molar-refractivity contribution is 7.99. The number of nitrogens with zero attached hydrogens (tertiary/aromatic N) is 1. The molecule has 0 aliphatic heterocycles. The fourth-order valence-corrected chi connectivity index (χ4v) is 4.89. The minimum absolute atomic E-state index is 0.153. The second kappa shape index (κ2) is 12.2. The molecule has 32 heavy (non-hydrogen) atoms. The lowest BCUT2D eigenvalue weighted by Gasteiger charge is -2.33. The van der Waals surface area contributed by atoms with E-state index in [9.17, 15) is 9.59 Å². The number of halogens is 3. The Morgan fingerprint density at radius 1 is 1.00 bits per heavy atom. The molecule has 0 radical (unpaired) electrons. The van der Waals surface area contributed by atoms with Crippen LogP contribution in [-0.2, 0) is 21.9 Å². The van der Waals surface area contributed by atoms with Gasteiger partial charge in [0.1, 0.15) is 6.04 Å². The molecule has 1 N–H and O–H groups in total. The number of carbonyl (C=O) groups is 2. The minimum Gasteiger partial charge on any atom is -0.350 e. The van der Waals surface area contributed by atoms with Crippen molar-refractivity contribution >= 4 is 58.4 Å². The van der Waals surface area contributed by atoms with Crippen molar-refractivity contribution < 1.29 is 9.59 Å². The normalized spacial score (nSPS) is 12.3. The second-order valence-electron chi connectivity index (χ2n) is 8.47. The van der Waals surface area contributed by atoms with E-state index in [0.29, 0.717) is 32.8 Å². The van der Waals surface area contributed by atoms with Gasteiger partial charge in [0.15, 0.2) is 0 Å². The van der Waals surface area contributed by atoms with Gasteiger partial charge in [-0.05, 0) is 51.0 Å². The average molecular weight is 516 g/mol. The van der Waals surface area contributed by atoms with E-state index in [1.165, 1.54) is 11.8 Å². The number of carbonyl (C=O) groups excluding carboxylic acids is 2. The zero-order valence-electron chi connectivity index (χ0n) is 18.8. The van der Waals surface area contributed by atoms with Gasteiger partial charge in [-0.1, -0.05) is 66.0 Å². The van der Waals surface area contributed by atoms with E-state index in [0.717, 1.165) is 5.56 Å². The van der Waals surface area contributed by atoms with Gasteiger partial charge in [0.2, 0.25) is 11.8 Å². The first-order chi connectivity index (χ1) is 15.0. The van der Waals surface area contributed by atoms with Crippen LogP contribution in [-0.4, -0.2) is 34.0 Å². The van der Waals surface area contributed by atoms with Gasteiger partial charge in [0, 0.05) is 38.5 Å². The molecule has 0 saturated carbocycles. The van der Waals surface area contributed by atoms with Crippen LogP contribution >= 0.6 is 46.6 Å². The van der Waals surface area contributed by atoms with Crippen LogP contribution in [0.15, 0.2) is 42.5 Å². The Morgan fingerprint density at radius 3 is 2.16 bits per heavy atom. The third kappa shape index (κ3) is 7.87. The van der Waals surface area contributed by atoms with Crippen LogP contribution in [0.25, 0.3) is 0 Å². The molecular formula is C24H29Cl3N2O2S. The Hall–Kier alpha value is -1.40. The highest BCUT2D eigenvalue weighted by Gasteiger charge is 2.31. The van der Waals surface area contributed by atoms with Crippen molar-refractivity contribution in [1.29, 1.82) is 0 Å². The van der Waals surface area contributed by atoms with Crippen LogP contribution < -0.4 is 5.32 Å². The van der Waals surface area contributed by atoms with Crippen LogP contribution in [0, 0.1) is 0 Å². The molecule has 0 heterocycles. The smallest absolute Gasteiger partial charge is 0.243 e. The topological polar surface area (TPSA) is 49.4 Å². The molecule has 8 heteroatoms. The molecule has 0 fully saturated rings. The average Bonchev–Trinajstić information content (AvgIpc) is 2.70. The molecule has 0 bridgehead atoms. The van der Waals surface area contributed by atoms with Crippen LogP contribution in [0.4, 0.5) is 0 Å². The number of benzene rings is 2. The van der Waals surface area contributed by atoms with Gasteiger partial charge in [-0.25, -0.2) is 0 Å². The Bertz CT molecular complexity index is 927. The van der Waals surface area contributed by atoms with Crippen molar-refractivity contribution in [1.82, 2.24) is 10.2 Å². The molecule has 0 aliphatic carbocycles. The SMILES string of the molecule is CC[C@H](C(=O)NC(C)(C)C)N(Cc1c(Cl)cccc1Cl)C(=O)CSCc1ccccc1Cl. The summed E-state index contributed by atoms with van der Waals surface area (Å²) < 4.78 is 0. The highest BCUT2D eigenvalue weighted by Crippen LogP contribution is 2.28. The molecule has 0 spiro atoms. The molecule has 2 amide bonds. The molecular weight excluding hydrogens is 487 g/mol. The van der Waals surface area contributed by atoms with Crippen molar-refractivity contribution in [3.63, 3.8) is 0 Å². The Balaban J connectivity index is 2.24. The zero-order chi connectivity index (χ0) is 23.9. The summed E-state index contributed by atoms with van der Waals surface area (Å²) in [6, 6.07) is 12.1. The van der Waals surface area contributed by atoms with E-state index in [-0.39, 0.29) is 24.1 Å². The molecule has 0 saturated heterocycles. The largest absolute Gasteiger partial charge is 0.350 e. The summed E-state index contributed by atoms with van der Waals surface area (Å²) in [5, 5.41) is 4.58. The van der Waals surface area contributed by atoms with Gasteiger partial charge in [0.05, 0.1) is 5.75 Å². The third-order valence-electron chi connectivity index (χ3n) is 4.72. The molecule has 1 atom stereocenters. The predicted molar refractivity (Wildman–Crippen MR) is 137 cm³/mol. The van der Waals surface area contributed by atoms with Crippen molar-refractivity contribution in [2.75, 3.05) is 5.75 Å². The first-order valence-corrected chi connectivity index (χ1v) is 12.7. The Kier molecular flexibility index (Phi) is 10.2. The maximum atomic E-state index is 13.3. The van der Waals surface area contributed by atoms with E-state index in [2.05, 4.69) is 5.32 Å². The molecule has 174 valence electrons. The lowest BCUT2D eigenvalue weighted by molar-refractivity contribution is -0.140. The summed E-state index contributed by atoms with van der Waals surface area (Å²) in [5.41, 5.74) is 1.17. The maximum Gasteiger partial charge on any atom is 0.243 e. The quantitative estimate of drug-likeness (QED) is 0.409. The molecule has 2 aromatic carbocycles. The fraction of sp³-hybridized carbons (Fsp3) is 0.417. The van der Waals surface area contributed by atoms with Crippen molar-refractivity contribution in [2.45, 2.75) is 58.0 Å². The lowest BCUT2D eigenvalue weighted by atomic mass is 10.1. The van der Waals surface area contributed by atoms with E-state index in [1.54, 1.807) is 23.1 Å². The number of hydrogen-bond acceptors (Lipinski definition) is 3. The molecule has 0 unspecified atom stereocenters. The fourth-order valence-electron chi connectivity index (χ4n) is 3.17. The maximum absolute atomic E-state index is 13.3. The van der Waals surface area contributed by atoms with E-state index < -0.39 is 11.6 Å². The summed E-state index contributed by atoms with van der Waals surface area (Å²) in [4.78, 5) is 27.9. The van der Waals surface area contributed by atoms with Crippen molar-refractivity contribution in [3.05, 3.63) is 68.7 Å². The molecule has 0 aliphatic rings. The Morgan fingerprint density at radius 2 is 1.59 bits per heavy atom. The van der Waals surface area contributed by atoms with Crippen LogP contribution in [0.3, 0.4) is 0 Å². The van der Waals surface area contributed by atoms with Gasteiger partial charge in [0.25, 0.3) is 0 Å². The molecule has 0 aromatic heterocycles. The predicted octanol–water partition coefficient (Wildman–Crippen LogP) is 6.60. The first kappa shape index (κ1) is 26.8. The van der Waals surface area contributed by atoms with Crippen molar-refractivity contribution in [3.8, 4) is 0 Å². The summed E-state index contributed by atoms with van der Waals surface area (Å²) in [7, 11) is 0. The van der Waals surface area contributed by atoms with Gasteiger partial charge < -0.3 is 10.2 Å². The summed E-state index contributed by atoms with van der Waals surface area (Å²) in [5.74, 6) is 0.436. The van der Waals surface area contributed by atoms with Gasteiger partial charge in [-0.3, -0.25) is 9.59 Å². The van der Waals surface area contributed by atoms with Crippen LogP contribution in [0.2, 0.25) is 15.1 Å². The molecule has 2 aromatic rings. The second-order valence-corrected chi connectivity index (χ2v) is 10.7. The number of rotatable bonds is 9. The van der Waals surface area contributed by atoms with Crippen LogP contribution in [0.5, 0.6) is 0 Å². The highest BCUT2D eigenvalue weighted by atomic mass is 35.5. The summed E-state index contributed by atoms with van der Waals surface area (Å²) >= 11 is 20.4. The van der Waals surface area contributed by atoms with Crippen LogP contribution in [0.1, 0.15) is 45.2 Å². The van der Waals surface area contributed by atoms with Crippen molar-refractivity contribution in [2.24, 2.45) is 0 Å². The standard InChI is InChI=1S/C24H29Cl3N2O2S/c1-5-21(23(31)28-24(2,3)4)29(13-17-19(26)11-8-12-20(17)27)22(30)15-32-14-16-9-6-7-10-18(16)25/h6-12,21H,5,13-15H2,1-4H3,(H,28,31)/t21-/m1/s1. The number of hydrogen-bond donors (Lipinski definition) is 1. The molecule has 2 rings (SSSR count). The minimum atomic E-state index is -0.644. The van der Waals surface area contributed by atoms with E-state index in [1.807, 2.05) is 52.0 Å².